The Morgan fingerprint density at radius 1 is 1.03 bits per heavy atom. The molecule has 0 bridgehead atoms. The van der Waals surface area contributed by atoms with E-state index in [2.05, 4.69) is 20.5 Å². The van der Waals surface area contributed by atoms with Gasteiger partial charge in [0.05, 0.1) is 30.5 Å². The molecule has 0 unspecified atom stereocenters. The number of nitrogens with one attached hydrogen (secondary N) is 2. The van der Waals surface area contributed by atoms with Crippen LogP contribution in [-0.4, -0.2) is 34.3 Å². The van der Waals surface area contributed by atoms with E-state index in [1.807, 2.05) is 48.5 Å². The molecule has 0 atom stereocenters. The third-order valence-corrected chi connectivity index (χ3v) is 5.02. The van der Waals surface area contributed by atoms with Crippen molar-refractivity contribution in [3.63, 3.8) is 0 Å². The molecule has 7 nitrogen and oxygen atoms in total. The van der Waals surface area contributed by atoms with Gasteiger partial charge in [-0.2, -0.15) is 5.10 Å². The molecule has 0 spiro atoms. The van der Waals surface area contributed by atoms with Crippen molar-refractivity contribution in [1.29, 1.82) is 0 Å². The maximum Gasteiger partial charge on any atom is 0.230 e. The van der Waals surface area contributed by atoms with E-state index >= 15 is 0 Å². The first-order valence-corrected chi connectivity index (χ1v) is 9.84. The summed E-state index contributed by atoms with van der Waals surface area (Å²) in [5, 5.41) is 11.1. The number of aromatic nitrogens is 3. The fraction of sp³-hybridized carbons (Fsp3) is 0.174. The topological polar surface area (TPSA) is 89.1 Å². The van der Waals surface area contributed by atoms with E-state index < -0.39 is 0 Å². The second-order valence-corrected chi connectivity index (χ2v) is 7.09. The van der Waals surface area contributed by atoms with Gasteiger partial charge in [0.25, 0.3) is 0 Å². The predicted octanol–water partition coefficient (Wildman–Crippen LogP) is 3.97. The Morgan fingerprint density at radius 3 is 2.73 bits per heavy atom. The minimum absolute atomic E-state index is 0.151. The smallest absolute Gasteiger partial charge is 0.230 e. The first-order valence-electron chi connectivity index (χ1n) is 9.84. The zero-order valence-corrected chi connectivity index (χ0v) is 16.2. The number of benzene rings is 2. The van der Waals surface area contributed by atoms with Crippen molar-refractivity contribution in [2.45, 2.75) is 12.8 Å². The number of fused-ring (bicyclic) bond motifs is 2. The van der Waals surface area contributed by atoms with Gasteiger partial charge in [-0.1, -0.05) is 18.2 Å². The molecule has 2 N–H and O–H groups in total. The molecule has 30 heavy (non-hydrogen) atoms. The van der Waals surface area contributed by atoms with E-state index in [1.165, 1.54) is 0 Å². The Balaban J connectivity index is 1.40. The lowest BCUT2D eigenvalue weighted by atomic mass is 10.0. The molecule has 1 aliphatic heterocycles. The van der Waals surface area contributed by atoms with Gasteiger partial charge in [-0.25, -0.2) is 0 Å². The van der Waals surface area contributed by atoms with Gasteiger partial charge in [0.15, 0.2) is 17.3 Å². The molecule has 2 aromatic heterocycles. The summed E-state index contributed by atoms with van der Waals surface area (Å²) in [4.78, 5) is 16.8. The molecule has 7 heteroatoms. The third-order valence-electron chi connectivity index (χ3n) is 5.02. The van der Waals surface area contributed by atoms with Crippen LogP contribution in [0, 0.1) is 0 Å². The maximum atomic E-state index is 12.8. The largest absolute Gasteiger partial charge is 0.490 e. The fourth-order valence-electron chi connectivity index (χ4n) is 3.61. The number of anilines is 1. The Labute approximate surface area is 173 Å². The van der Waals surface area contributed by atoms with Crippen molar-refractivity contribution in [3.05, 3.63) is 66.5 Å². The average Bonchev–Trinajstić information content (AvgIpc) is 3.03. The minimum atomic E-state index is -0.151. The minimum Gasteiger partial charge on any atom is -0.490 e. The van der Waals surface area contributed by atoms with Crippen molar-refractivity contribution < 1.29 is 14.3 Å². The Morgan fingerprint density at radius 2 is 1.87 bits per heavy atom. The van der Waals surface area contributed by atoms with Gasteiger partial charge in [-0.05, 0) is 47.0 Å². The van der Waals surface area contributed by atoms with Gasteiger partial charge in [0, 0.05) is 18.8 Å². The van der Waals surface area contributed by atoms with Crippen molar-refractivity contribution in [1.82, 2.24) is 15.2 Å². The first kappa shape index (κ1) is 18.2. The van der Waals surface area contributed by atoms with Crippen LogP contribution in [0.15, 0.2) is 60.9 Å². The van der Waals surface area contributed by atoms with E-state index in [0.717, 1.165) is 39.8 Å². The van der Waals surface area contributed by atoms with Gasteiger partial charge in [0.1, 0.15) is 0 Å². The molecule has 1 aliphatic rings. The summed E-state index contributed by atoms with van der Waals surface area (Å²) < 4.78 is 11.4. The van der Waals surface area contributed by atoms with Gasteiger partial charge in [0.2, 0.25) is 5.91 Å². The number of nitrogens with zero attached hydrogens (tertiary/aromatic N) is 2. The SMILES string of the molecule is O=C(Cc1ccc2c(c1)OCCCO2)Nc1n[nH]c2cccc(-c3ccncc3)c12. The van der Waals surface area contributed by atoms with Crippen LogP contribution in [0.4, 0.5) is 5.82 Å². The number of carbonyl (C=O) groups excluding carboxylic acids is 1. The van der Waals surface area contributed by atoms with Crippen LogP contribution in [0.3, 0.4) is 0 Å². The Bertz CT molecular complexity index is 1200. The number of amides is 1. The van der Waals surface area contributed by atoms with E-state index in [4.69, 9.17) is 9.47 Å². The molecule has 2 aromatic carbocycles. The molecule has 5 rings (SSSR count). The average molecular weight is 400 g/mol. The summed E-state index contributed by atoms with van der Waals surface area (Å²) in [5.74, 6) is 1.76. The highest BCUT2D eigenvalue weighted by Gasteiger charge is 2.16. The second kappa shape index (κ2) is 7.87. The first-order chi connectivity index (χ1) is 14.8. The van der Waals surface area contributed by atoms with Crippen LogP contribution in [0.1, 0.15) is 12.0 Å². The molecule has 0 saturated heterocycles. The zero-order chi connectivity index (χ0) is 20.3. The van der Waals surface area contributed by atoms with Crippen LogP contribution in [-0.2, 0) is 11.2 Å². The van der Waals surface area contributed by atoms with Crippen molar-refractivity contribution in [2.24, 2.45) is 0 Å². The number of pyridine rings is 1. The van der Waals surface area contributed by atoms with E-state index in [9.17, 15) is 4.79 Å². The highest BCUT2D eigenvalue weighted by atomic mass is 16.5. The van der Waals surface area contributed by atoms with E-state index in [0.29, 0.717) is 24.8 Å². The molecule has 150 valence electrons. The molecular weight excluding hydrogens is 380 g/mol. The van der Waals surface area contributed by atoms with Crippen LogP contribution in [0.2, 0.25) is 0 Å². The van der Waals surface area contributed by atoms with Gasteiger partial charge in [-0.15, -0.1) is 0 Å². The third kappa shape index (κ3) is 3.57. The molecule has 4 aromatic rings. The molecule has 0 fully saturated rings. The van der Waals surface area contributed by atoms with Gasteiger partial charge in [-0.3, -0.25) is 14.9 Å². The summed E-state index contributed by atoms with van der Waals surface area (Å²) in [5.41, 5.74) is 3.70. The summed E-state index contributed by atoms with van der Waals surface area (Å²) in [6.07, 6.45) is 4.55. The molecule has 1 amide bonds. The molecule has 3 heterocycles. The van der Waals surface area contributed by atoms with E-state index in [1.54, 1.807) is 12.4 Å². The Hall–Kier alpha value is -3.87. The number of hydrogen-bond acceptors (Lipinski definition) is 5. The highest BCUT2D eigenvalue weighted by Crippen LogP contribution is 2.33. The summed E-state index contributed by atoms with van der Waals surface area (Å²) >= 11 is 0. The van der Waals surface area contributed by atoms with Gasteiger partial charge >= 0.3 is 0 Å². The van der Waals surface area contributed by atoms with Crippen molar-refractivity contribution in [2.75, 3.05) is 18.5 Å². The number of carbonyl (C=O) groups is 1. The van der Waals surface area contributed by atoms with E-state index in [-0.39, 0.29) is 12.3 Å². The van der Waals surface area contributed by atoms with Gasteiger partial charge < -0.3 is 14.8 Å². The van der Waals surface area contributed by atoms with Crippen LogP contribution < -0.4 is 14.8 Å². The normalized spacial score (nSPS) is 13.1. The number of rotatable bonds is 4. The van der Waals surface area contributed by atoms with Crippen molar-refractivity contribution in [3.8, 4) is 22.6 Å². The predicted molar refractivity (Wildman–Crippen MR) is 114 cm³/mol. The Kier molecular flexibility index (Phi) is 4.77. The summed E-state index contributed by atoms with van der Waals surface area (Å²) in [6.45, 7) is 1.25. The molecule has 0 saturated carbocycles. The quantitative estimate of drug-likeness (QED) is 0.541. The highest BCUT2D eigenvalue weighted by molar-refractivity contribution is 6.07. The lowest BCUT2D eigenvalue weighted by Gasteiger charge is -2.10. The molecule has 0 aliphatic carbocycles. The van der Waals surface area contributed by atoms with Crippen LogP contribution in [0.5, 0.6) is 11.5 Å². The maximum absolute atomic E-state index is 12.8. The van der Waals surface area contributed by atoms with Crippen LogP contribution >= 0.6 is 0 Å². The summed E-state index contributed by atoms with van der Waals surface area (Å²) in [7, 11) is 0. The second-order valence-electron chi connectivity index (χ2n) is 7.09. The lowest BCUT2D eigenvalue weighted by molar-refractivity contribution is -0.115. The number of ether oxygens (including phenoxy) is 2. The molecule has 0 radical (unpaired) electrons. The van der Waals surface area contributed by atoms with Crippen LogP contribution in [0.25, 0.3) is 22.0 Å². The van der Waals surface area contributed by atoms with Crippen molar-refractivity contribution >= 4 is 22.6 Å². The number of hydrogen-bond donors (Lipinski definition) is 2. The lowest BCUT2D eigenvalue weighted by Crippen LogP contribution is -2.15. The zero-order valence-electron chi connectivity index (χ0n) is 16.2. The standard InChI is InChI=1S/C23H20N4O3/c28-21(14-15-5-6-19-20(13-15)30-12-2-11-29-19)25-23-22-17(16-7-9-24-10-8-16)3-1-4-18(22)26-27-23/h1,3-10,13H,2,11-12,14H2,(H2,25,26,27,28). The summed E-state index contributed by atoms with van der Waals surface area (Å²) in [6, 6.07) is 15.4. The number of aromatic amines is 1. The fourth-order valence-corrected chi connectivity index (χ4v) is 3.61. The number of H-pyrrole nitrogens is 1. The monoisotopic (exact) mass is 400 g/mol. The molecular formula is C23H20N4O3.